The van der Waals surface area contributed by atoms with E-state index in [1.165, 1.54) is 28.9 Å². The Morgan fingerprint density at radius 1 is 1.31 bits per heavy atom. The largest absolute Gasteiger partial charge is 0.448 e. The Morgan fingerprint density at radius 2 is 2.15 bits per heavy atom. The first kappa shape index (κ1) is 17.1. The third-order valence-corrected chi connectivity index (χ3v) is 6.59. The first-order chi connectivity index (χ1) is 12.5. The molecular weight excluding hydrogens is 368 g/mol. The molecule has 1 aliphatic carbocycles. The molecule has 1 amide bonds. The molecule has 1 aromatic rings. The number of hydrogen-bond donors (Lipinski definition) is 2. The lowest BCUT2D eigenvalue weighted by Gasteiger charge is -2.22. The Bertz CT molecular complexity index is 950. The molecule has 8 heteroatoms. The van der Waals surface area contributed by atoms with E-state index >= 15 is 0 Å². The number of nitrogens with two attached hydrogens (primary N) is 2. The van der Waals surface area contributed by atoms with Gasteiger partial charge in [-0.3, -0.25) is 4.79 Å². The zero-order valence-corrected chi connectivity index (χ0v) is 15.9. The maximum absolute atomic E-state index is 12.0. The molecule has 0 fully saturated rings. The molecule has 0 unspecified atom stereocenters. The Kier molecular flexibility index (Phi) is 4.46. The van der Waals surface area contributed by atoms with Crippen LogP contribution in [0.2, 0.25) is 0 Å². The summed E-state index contributed by atoms with van der Waals surface area (Å²) in [6.07, 6.45) is 8.68. The van der Waals surface area contributed by atoms with Gasteiger partial charge in [0, 0.05) is 18.2 Å². The number of aromatic nitrogens is 1. The summed E-state index contributed by atoms with van der Waals surface area (Å²) in [4.78, 5) is 18.0. The molecule has 0 saturated carbocycles. The Hall–Kier alpha value is -2.32. The summed E-state index contributed by atoms with van der Waals surface area (Å²) in [5.41, 5.74) is 15.5. The van der Waals surface area contributed by atoms with Crippen LogP contribution >= 0.6 is 23.3 Å². The molecule has 0 atom stereocenters. The van der Waals surface area contributed by atoms with Gasteiger partial charge < -0.3 is 16.2 Å². The van der Waals surface area contributed by atoms with Gasteiger partial charge in [0.15, 0.2) is 5.09 Å². The molecule has 0 aromatic carbocycles. The summed E-state index contributed by atoms with van der Waals surface area (Å²) in [5.74, 6) is 0.726. The lowest BCUT2D eigenvalue weighted by atomic mass is 10.0. The molecule has 4 rings (SSSR count). The standard InChI is InChI=1S/C18H18N4O2S2/c1-9-13(3-2-4-14(19)22-9)24-18-12-7-10(16(25-18)17(20)23)5-6-11-8-21-26-15(11)12/h3-4,8H,2,5-7,19H2,1H3,(H2,20,23). The Labute approximate surface area is 159 Å². The minimum absolute atomic E-state index is 0.403. The van der Waals surface area contributed by atoms with Crippen molar-refractivity contribution in [1.82, 2.24) is 4.37 Å². The van der Waals surface area contributed by atoms with Crippen molar-refractivity contribution in [3.8, 4) is 0 Å². The maximum atomic E-state index is 12.0. The number of primary amides is 1. The summed E-state index contributed by atoms with van der Waals surface area (Å²) in [6.45, 7) is 1.86. The van der Waals surface area contributed by atoms with Gasteiger partial charge in [-0.15, -0.1) is 0 Å². The number of allylic oxidation sites excluding steroid dienone is 5. The number of nitrogens with zero attached hydrogens (tertiary/aromatic N) is 2. The highest BCUT2D eigenvalue weighted by Gasteiger charge is 2.31. The molecule has 6 nitrogen and oxygen atoms in total. The van der Waals surface area contributed by atoms with Crippen LogP contribution < -0.4 is 11.5 Å². The van der Waals surface area contributed by atoms with E-state index in [1.54, 1.807) is 0 Å². The average molecular weight is 387 g/mol. The number of rotatable bonds is 3. The van der Waals surface area contributed by atoms with E-state index in [4.69, 9.17) is 16.2 Å². The summed E-state index contributed by atoms with van der Waals surface area (Å²) in [7, 11) is 0. The molecule has 2 bridgehead atoms. The van der Waals surface area contributed by atoms with Gasteiger partial charge in [0.25, 0.3) is 5.91 Å². The fourth-order valence-electron chi connectivity index (χ4n) is 3.19. The van der Waals surface area contributed by atoms with E-state index in [-0.39, 0.29) is 0 Å². The number of ether oxygens (including phenoxy) is 1. The number of aliphatic imine (C=N–C) groups is 1. The van der Waals surface area contributed by atoms with Crippen LogP contribution in [0.15, 0.2) is 50.5 Å². The van der Waals surface area contributed by atoms with Gasteiger partial charge in [-0.2, -0.15) is 0 Å². The van der Waals surface area contributed by atoms with Crippen LogP contribution in [0.5, 0.6) is 0 Å². The van der Waals surface area contributed by atoms with Crippen molar-refractivity contribution in [2.24, 2.45) is 16.5 Å². The fraction of sp³-hybridized carbons (Fsp3) is 0.278. The van der Waals surface area contributed by atoms with Crippen LogP contribution in [0.1, 0.15) is 36.6 Å². The summed E-state index contributed by atoms with van der Waals surface area (Å²) >= 11 is 2.78. The molecule has 4 N–H and O–H groups in total. The van der Waals surface area contributed by atoms with E-state index in [0.717, 1.165) is 28.9 Å². The summed E-state index contributed by atoms with van der Waals surface area (Å²) in [5, 5.41) is 0.677. The molecule has 0 radical (unpaired) electrons. The number of aryl methyl sites for hydroxylation is 1. The summed E-state index contributed by atoms with van der Waals surface area (Å²) < 4.78 is 10.6. The van der Waals surface area contributed by atoms with Crippen LogP contribution in [0, 0.1) is 0 Å². The molecule has 2 aliphatic heterocycles. The second kappa shape index (κ2) is 6.77. The van der Waals surface area contributed by atoms with E-state index in [0.29, 0.717) is 40.1 Å². The van der Waals surface area contributed by atoms with Gasteiger partial charge in [-0.05, 0) is 72.8 Å². The van der Waals surface area contributed by atoms with Crippen molar-refractivity contribution >= 4 is 40.5 Å². The van der Waals surface area contributed by atoms with Gasteiger partial charge >= 0.3 is 0 Å². The highest BCUT2D eigenvalue weighted by Crippen LogP contribution is 2.48. The van der Waals surface area contributed by atoms with Crippen LogP contribution in [-0.4, -0.2) is 16.0 Å². The van der Waals surface area contributed by atoms with E-state index in [2.05, 4.69) is 9.37 Å². The van der Waals surface area contributed by atoms with Crippen LogP contribution in [0.4, 0.5) is 0 Å². The molecule has 1 aromatic heterocycles. The quantitative estimate of drug-likeness (QED) is 0.830. The maximum Gasteiger partial charge on any atom is 0.255 e. The topological polar surface area (TPSA) is 104 Å². The number of hydrogen-bond acceptors (Lipinski definition) is 7. The van der Waals surface area contributed by atoms with Gasteiger partial charge in [-0.1, -0.05) is 0 Å². The van der Waals surface area contributed by atoms with Gasteiger partial charge in [0.1, 0.15) is 11.6 Å². The van der Waals surface area contributed by atoms with Crippen molar-refractivity contribution in [2.45, 2.75) is 32.6 Å². The zero-order valence-electron chi connectivity index (χ0n) is 14.2. The van der Waals surface area contributed by atoms with Gasteiger partial charge in [-0.25, -0.2) is 9.37 Å². The molecule has 0 saturated heterocycles. The predicted molar refractivity (Wildman–Crippen MR) is 105 cm³/mol. The highest BCUT2D eigenvalue weighted by molar-refractivity contribution is 8.07. The lowest BCUT2D eigenvalue weighted by Crippen LogP contribution is -2.17. The first-order valence-electron chi connectivity index (χ1n) is 8.29. The van der Waals surface area contributed by atoms with Crippen LogP contribution in [0.3, 0.4) is 0 Å². The third-order valence-electron chi connectivity index (χ3n) is 4.48. The van der Waals surface area contributed by atoms with E-state index in [1.807, 2.05) is 25.3 Å². The smallest absolute Gasteiger partial charge is 0.255 e. The number of carbonyl (C=O) groups excluding carboxylic acids is 1. The molecule has 134 valence electrons. The molecule has 26 heavy (non-hydrogen) atoms. The van der Waals surface area contributed by atoms with Gasteiger partial charge in [0.05, 0.1) is 15.5 Å². The lowest BCUT2D eigenvalue weighted by molar-refractivity contribution is -0.113. The zero-order chi connectivity index (χ0) is 18.3. The van der Waals surface area contributed by atoms with E-state index in [9.17, 15) is 4.79 Å². The second-order valence-corrected chi connectivity index (χ2v) is 8.04. The number of amides is 1. The van der Waals surface area contributed by atoms with E-state index < -0.39 is 5.91 Å². The first-order valence-corrected chi connectivity index (χ1v) is 9.88. The highest BCUT2D eigenvalue weighted by atomic mass is 32.2. The molecule has 3 aliphatic rings. The minimum Gasteiger partial charge on any atom is -0.448 e. The average Bonchev–Trinajstić information content (AvgIpc) is 2.94. The SMILES string of the molecule is CC1=NC(N)=CCC=C1OC1=C2CC(=C(C(N)=O)S1)CCc1cnsc12. The predicted octanol–water partition coefficient (Wildman–Crippen LogP) is 3.20. The van der Waals surface area contributed by atoms with Crippen molar-refractivity contribution in [3.63, 3.8) is 0 Å². The molecular formula is C18H18N4O2S2. The van der Waals surface area contributed by atoms with Gasteiger partial charge in [0.2, 0.25) is 0 Å². The fourth-order valence-corrected chi connectivity index (χ4v) is 5.12. The Balaban J connectivity index is 1.76. The third kappa shape index (κ3) is 3.10. The van der Waals surface area contributed by atoms with Crippen molar-refractivity contribution in [1.29, 1.82) is 0 Å². The monoisotopic (exact) mass is 386 g/mol. The molecule has 3 heterocycles. The number of carbonyl (C=O) groups is 1. The Morgan fingerprint density at radius 3 is 2.96 bits per heavy atom. The van der Waals surface area contributed by atoms with Crippen LogP contribution in [0.25, 0.3) is 5.57 Å². The van der Waals surface area contributed by atoms with Crippen molar-refractivity contribution in [3.05, 3.63) is 55.9 Å². The van der Waals surface area contributed by atoms with Crippen molar-refractivity contribution < 1.29 is 9.53 Å². The van der Waals surface area contributed by atoms with Crippen molar-refractivity contribution in [2.75, 3.05) is 0 Å². The summed E-state index contributed by atoms with van der Waals surface area (Å²) in [6, 6.07) is 0. The normalized spacial score (nSPS) is 19.8. The van der Waals surface area contributed by atoms with Crippen LogP contribution in [-0.2, 0) is 16.0 Å². The molecule has 0 spiro atoms. The number of fused-ring (bicyclic) bond motifs is 4. The number of thioether (sulfide) groups is 1. The minimum atomic E-state index is -0.403. The second-order valence-electron chi connectivity index (χ2n) is 6.25.